The number of rotatable bonds is 4. The van der Waals surface area contributed by atoms with Gasteiger partial charge in [0.25, 0.3) is 0 Å². The minimum atomic E-state index is 0.0800. The molecule has 2 nitrogen and oxygen atoms in total. The molecule has 0 aromatic heterocycles. The molecule has 0 bridgehead atoms. The first-order valence-corrected chi connectivity index (χ1v) is 4.25. The van der Waals surface area contributed by atoms with Gasteiger partial charge in [0.2, 0.25) is 5.91 Å². The molecule has 0 unspecified atom stereocenters. The van der Waals surface area contributed by atoms with Crippen LogP contribution in [-0.4, -0.2) is 12.5 Å². The van der Waals surface area contributed by atoms with E-state index in [1.807, 2.05) is 26.0 Å². The lowest BCUT2D eigenvalue weighted by Gasteiger charge is -1.96. The summed E-state index contributed by atoms with van der Waals surface area (Å²) in [5.41, 5.74) is 0.996. The van der Waals surface area contributed by atoms with E-state index in [1.165, 1.54) is 0 Å². The predicted molar refractivity (Wildman–Crippen MR) is 58.5 cm³/mol. The average Bonchev–Trinajstić information content (AvgIpc) is 2.15. The standard InChI is InChI=1S/C9H15NO.C2H4/c1-4-9(11)10-7-5-6-8(2)3;1-2/h5-6H,2,4,7H2,1,3H3,(H,10,11);1-2H2/b6-5-;. The number of nitrogens with one attached hydrogen (secondary N) is 1. The Morgan fingerprint density at radius 1 is 1.46 bits per heavy atom. The van der Waals surface area contributed by atoms with Crippen LogP contribution in [0, 0.1) is 0 Å². The number of amides is 1. The zero-order chi connectivity index (χ0) is 10.7. The summed E-state index contributed by atoms with van der Waals surface area (Å²) in [6.07, 6.45) is 4.31. The number of allylic oxidation sites excluding steroid dienone is 2. The van der Waals surface area contributed by atoms with E-state index in [-0.39, 0.29) is 5.91 Å². The second-order valence-electron chi connectivity index (χ2n) is 2.41. The highest BCUT2D eigenvalue weighted by molar-refractivity contribution is 5.75. The Hall–Kier alpha value is -1.31. The van der Waals surface area contributed by atoms with E-state index in [4.69, 9.17) is 0 Å². The highest BCUT2D eigenvalue weighted by Gasteiger charge is 1.90. The lowest BCUT2D eigenvalue weighted by Crippen LogP contribution is -2.21. The molecule has 0 rings (SSSR count). The molecule has 0 aliphatic heterocycles. The van der Waals surface area contributed by atoms with E-state index in [0.29, 0.717) is 13.0 Å². The van der Waals surface area contributed by atoms with Crippen LogP contribution >= 0.6 is 0 Å². The van der Waals surface area contributed by atoms with Gasteiger partial charge in [-0.3, -0.25) is 4.79 Å². The molecule has 74 valence electrons. The third-order valence-corrected chi connectivity index (χ3v) is 1.14. The molecule has 0 aliphatic rings. The van der Waals surface area contributed by atoms with Gasteiger partial charge in [-0.05, 0) is 6.92 Å². The molecule has 2 heteroatoms. The summed E-state index contributed by atoms with van der Waals surface area (Å²) in [6, 6.07) is 0. The average molecular weight is 181 g/mol. The topological polar surface area (TPSA) is 29.1 Å². The zero-order valence-corrected chi connectivity index (χ0v) is 8.60. The lowest BCUT2D eigenvalue weighted by atomic mass is 10.3. The Kier molecular flexibility index (Phi) is 11.7. The number of carbonyl (C=O) groups excluding carboxylic acids is 1. The minimum absolute atomic E-state index is 0.0800. The van der Waals surface area contributed by atoms with Gasteiger partial charge in [-0.1, -0.05) is 31.2 Å². The number of hydrogen-bond acceptors (Lipinski definition) is 1. The molecular weight excluding hydrogens is 162 g/mol. The van der Waals surface area contributed by atoms with Crippen molar-refractivity contribution in [3.63, 3.8) is 0 Å². The Labute approximate surface area is 81.0 Å². The summed E-state index contributed by atoms with van der Waals surface area (Å²) in [7, 11) is 0. The van der Waals surface area contributed by atoms with Gasteiger partial charge >= 0.3 is 0 Å². The smallest absolute Gasteiger partial charge is 0.219 e. The van der Waals surface area contributed by atoms with Crippen molar-refractivity contribution in [1.29, 1.82) is 0 Å². The largest absolute Gasteiger partial charge is 0.353 e. The number of carbonyl (C=O) groups is 1. The van der Waals surface area contributed by atoms with Crippen LogP contribution in [0.4, 0.5) is 0 Å². The minimum Gasteiger partial charge on any atom is -0.353 e. The Balaban J connectivity index is 0. The molecule has 13 heavy (non-hydrogen) atoms. The van der Waals surface area contributed by atoms with Crippen molar-refractivity contribution in [2.75, 3.05) is 6.54 Å². The quantitative estimate of drug-likeness (QED) is 0.524. The second-order valence-corrected chi connectivity index (χ2v) is 2.41. The first kappa shape index (κ1) is 14.2. The van der Waals surface area contributed by atoms with Gasteiger partial charge in [0.15, 0.2) is 0 Å². The van der Waals surface area contributed by atoms with Crippen LogP contribution in [0.1, 0.15) is 20.3 Å². The molecule has 0 fully saturated rings. The number of hydrogen-bond donors (Lipinski definition) is 1. The molecule has 0 heterocycles. The summed E-state index contributed by atoms with van der Waals surface area (Å²) in [4.78, 5) is 10.7. The maximum atomic E-state index is 10.7. The van der Waals surface area contributed by atoms with Crippen molar-refractivity contribution in [2.45, 2.75) is 20.3 Å². The molecule has 0 spiro atoms. The van der Waals surface area contributed by atoms with Gasteiger partial charge in [0.1, 0.15) is 0 Å². The molecule has 0 atom stereocenters. The molecule has 0 radical (unpaired) electrons. The molecule has 1 amide bonds. The molecule has 0 aromatic rings. The molecular formula is C11H19NO. The van der Waals surface area contributed by atoms with Crippen molar-refractivity contribution >= 4 is 5.91 Å². The van der Waals surface area contributed by atoms with Crippen LogP contribution < -0.4 is 5.32 Å². The van der Waals surface area contributed by atoms with E-state index in [9.17, 15) is 4.79 Å². The highest BCUT2D eigenvalue weighted by atomic mass is 16.1. The van der Waals surface area contributed by atoms with Crippen LogP contribution in [-0.2, 0) is 4.79 Å². The molecule has 0 saturated heterocycles. The van der Waals surface area contributed by atoms with E-state index < -0.39 is 0 Å². The van der Waals surface area contributed by atoms with E-state index >= 15 is 0 Å². The van der Waals surface area contributed by atoms with Crippen molar-refractivity contribution < 1.29 is 4.79 Å². The third kappa shape index (κ3) is 13.7. The van der Waals surface area contributed by atoms with Gasteiger partial charge in [-0.25, -0.2) is 0 Å². The van der Waals surface area contributed by atoms with Crippen LogP contribution in [0.25, 0.3) is 0 Å². The summed E-state index contributed by atoms with van der Waals surface area (Å²) in [6.45, 7) is 14.0. The summed E-state index contributed by atoms with van der Waals surface area (Å²) in [5.74, 6) is 0.0800. The first-order valence-electron chi connectivity index (χ1n) is 4.25. The second kappa shape index (κ2) is 10.7. The van der Waals surface area contributed by atoms with E-state index in [1.54, 1.807) is 0 Å². The van der Waals surface area contributed by atoms with Crippen molar-refractivity contribution in [3.05, 3.63) is 37.5 Å². The van der Waals surface area contributed by atoms with Gasteiger partial charge in [0.05, 0.1) is 0 Å². The summed E-state index contributed by atoms with van der Waals surface area (Å²) < 4.78 is 0. The van der Waals surface area contributed by atoms with Gasteiger partial charge in [-0.15, -0.1) is 13.2 Å². The van der Waals surface area contributed by atoms with E-state index in [0.717, 1.165) is 5.57 Å². The Bertz CT molecular complexity index is 183. The van der Waals surface area contributed by atoms with Crippen LogP contribution in [0.2, 0.25) is 0 Å². The first-order chi connectivity index (χ1) is 6.16. The third-order valence-electron chi connectivity index (χ3n) is 1.14. The fraction of sp³-hybridized carbons (Fsp3) is 0.364. The van der Waals surface area contributed by atoms with Crippen molar-refractivity contribution in [2.24, 2.45) is 0 Å². The molecule has 0 aromatic carbocycles. The lowest BCUT2D eigenvalue weighted by molar-refractivity contribution is -0.120. The van der Waals surface area contributed by atoms with Crippen LogP contribution in [0.3, 0.4) is 0 Å². The van der Waals surface area contributed by atoms with Gasteiger partial charge < -0.3 is 5.32 Å². The maximum absolute atomic E-state index is 10.7. The highest BCUT2D eigenvalue weighted by Crippen LogP contribution is 1.86. The fourth-order valence-electron chi connectivity index (χ4n) is 0.558. The van der Waals surface area contributed by atoms with Crippen molar-refractivity contribution in [3.8, 4) is 0 Å². The predicted octanol–water partition coefficient (Wildman–Crippen LogP) is 2.45. The molecule has 0 aliphatic carbocycles. The van der Waals surface area contributed by atoms with Gasteiger partial charge in [-0.2, -0.15) is 0 Å². The SMILES string of the molecule is C=C.C=C(C)/C=C\CNC(=O)CC. The maximum Gasteiger partial charge on any atom is 0.219 e. The molecule has 0 saturated carbocycles. The van der Waals surface area contributed by atoms with Crippen LogP contribution in [0.5, 0.6) is 0 Å². The van der Waals surface area contributed by atoms with Gasteiger partial charge in [0, 0.05) is 13.0 Å². The molecule has 1 N–H and O–H groups in total. The zero-order valence-electron chi connectivity index (χ0n) is 8.60. The van der Waals surface area contributed by atoms with E-state index in [2.05, 4.69) is 25.1 Å². The van der Waals surface area contributed by atoms with Crippen LogP contribution in [0.15, 0.2) is 37.5 Å². The summed E-state index contributed by atoms with van der Waals surface area (Å²) >= 11 is 0. The Morgan fingerprint density at radius 3 is 2.38 bits per heavy atom. The van der Waals surface area contributed by atoms with Crippen molar-refractivity contribution in [1.82, 2.24) is 5.32 Å². The fourth-order valence-corrected chi connectivity index (χ4v) is 0.558. The Morgan fingerprint density at radius 2 is 2.00 bits per heavy atom. The summed E-state index contributed by atoms with van der Waals surface area (Å²) in [5, 5.41) is 2.72. The normalized spacial score (nSPS) is 8.77. The monoisotopic (exact) mass is 181 g/mol.